The molecule has 8 aromatic carbocycles. The summed E-state index contributed by atoms with van der Waals surface area (Å²) < 4.78 is 2.34. The number of aromatic nitrogens is 2. The van der Waals surface area contributed by atoms with Gasteiger partial charge in [0.2, 0.25) is 0 Å². The van der Waals surface area contributed by atoms with E-state index >= 15 is 0 Å². The van der Waals surface area contributed by atoms with E-state index in [4.69, 9.17) is 12.5 Å². The molecule has 0 saturated carbocycles. The first kappa shape index (κ1) is 46.0. The maximum absolute atomic E-state index is 5.33. The zero-order chi connectivity index (χ0) is 48.4. The molecule has 0 aliphatic heterocycles. The second-order valence-corrected chi connectivity index (χ2v) is 22.0. The molecule has 0 unspecified atom stereocenters. The number of benzene rings is 8. The Labute approximate surface area is 415 Å². The van der Waals surface area contributed by atoms with Crippen molar-refractivity contribution in [1.82, 2.24) is 9.55 Å². The predicted molar refractivity (Wildman–Crippen MR) is 335 cm³/mol. The first-order valence-corrected chi connectivity index (χ1v) is 24.5. The summed E-state index contributed by atoms with van der Waals surface area (Å²) in [6.07, 6.45) is 0. The number of rotatable bonds is 7. The Morgan fingerprint density at radius 2 is 1.13 bits per heavy atom. The van der Waals surface area contributed by atoms with Gasteiger partial charge in [0, 0.05) is 0 Å². The van der Waals surface area contributed by atoms with Gasteiger partial charge in [-0.25, -0.2) is 0 Å². The van der Waals surface area contributed by atoms with Crippen molar-refractivity contribution in [3.63, 3.8) is 0 Å². The Balaban J connectivity index is 1.29. The van der Waals surface area contributed by atoms with Crippen LogP contribution in [-0.4, -0.2) is 119 Å². The van der Waals surface area contributed by atoms with Gasteiger partial charge in [0.25, 0.3) is 0 Å². The normalized spacial score (nSPS) is 14.2. The monoisotopic (exact) mass is 859 g/mol. The summed E-state index contributed by atoms with van der Waals surface area (Å²) in [6, 6.07) is 49.5. The minimum absolute atomic E-state index is 0.0777. The molecule has 0 fully saturated rings. The average molecular weight is 856 g/mol. The number of allylic oxidation sites excluding steroid dienone is 2. The van der Waals surface area contributed by atoms with Crippen molar-refractivity contribution >= 4 is 169 Å². The summed E-state index contributed by atoms with van der Waals surface area (Å²) in [5.41, 5.74) is 23.6. The molecule has 68 heavy (non-hydrogen) atoms. The summed E-state index contributed by atoms with van der Waals surface area (Å²) in [5.74, 6) is 0.925. The molecular formula is C52H52B14N2. The van der Waals surface area contributed by atoms with Gasteiger partial charge in [0.1, 0.15) is 0 Å². The van der Waals surface area contributed by atoms with Crippen LogP contribution in [0.15, 0.2) is 144 Å². The number of hydrogen-bond acceptors (Lipinski definition) is 1. The summed E-state index contributed by atoms with van der Waals surface area (Å²) in [4.78, 5) is 5.33. The van der Waals surface area contributed by atoms with Gasteiger partial charge >= 0.3 is 394 Å². The second kappa shape index (κ2) is 16.5. The summed E-state index contributed by atoms with van der Waals surface area (Å²) in [7, 11) is 36.0. The van der Waals surface area contributed by atoms with E-state index in [1.54, 1.807) is 0 Å². The molecule has 0 saturated heterocycles. The average Bonchev–Trinajstić information content (AvgIpc) is 3.86. The van der Waals surface area contributed by atoms with Gasteiger partial charge in [-0.15, -0.1) is 0 Å². The van der Waals surface area contributed by atoms with Gasteiger partial charge < -0.3 is 0 Å². The summed E-state index contributed by atoms with van der Waals surface area (Å²) in [6.45, 7) is 2.24. The number of fused-ring (bicyclic) bond motifs is 6. The van der Waals surface area contributed by atoms with E-state index in [2.05, 4.69) is 247 Å². The third kappa shape index (κ3) is 6.66. The van der Waals surface area contributed by atoms with Crippen LogP contribution in [0.4, 0.5) is 0 Å². The number of para-hydroxylation sites is 2. The van der Waals surface area contributed by atoms with E-state index in [9.17, 15) is 0 Å². The molecule has 0 bridgehead atoms. The van der Waals surface area contributed by atoms with Gasteiger partial charge in [-0.1, -0.05) is 24.3 Å². The van der Waals surface area contributed by atoms with E-state index in [0.717, 1.165) is 33.2 Å². The molecule has 9 aromatic rings. The molecule has 1 heterocycles. The fraction of sp³-hybridized carbons (Fsp3) is 0.0769. The number of imidazole rings is 1. The maximum atomic E-state index is 5.33. The molecule has 0 radical (unpaired) electrons. The molecule has 16 heteroatoms. The van der Waals surface area contributed by atoms with Crippen LogP contribution in [0.2, 0.25) is 10.2 Å². The number of hydrogen-bond donors (Lipinski definition) is 0. The Morgan fingerprint density at radius 3 is 1.81 bits per heavy atom. The van der Waals surface area contributed by atoms with Crippen LogP contribution in [0.1, 0.15) is 18.1 Å². The topological polar surface area (TPSA) is 17.8 Å². The van der Waals surface area contributed by atoms with E-state index in [0.29, 0.717) is 0 Å². The van der Waals surface area contributed by atoms with Crippen LogP contribution in [0, 0.1) is 5.11 Å². The van der Waals surface area contributed by atoms with Crippen molar-refractivity contribution < 1.29 is 0 Å². The van der Waals surface area contributed by atoms with Crippen molar-refractivity contribution in [2.75, 3.05) is 0 Å². The van der Waals surface area contributed by atoms with E-state index in [1.165, 1.54) is 110 Å². The summed E-state index contributed by atoms with van der Waals surface area (Å²) >= 11 is 0. The molecule has 0 spiro atoms. The second-order valence-electron chi connectivity index (χ2n) is 22.0. The van der Waals surface area contributed by atoms with Gasteiger partial charge in [0.05, 0.1) is 0 Å². The molecule has 0 N–H and O–H groups in total. The van der Waals surface area contributed by atoms with E-state index in [1.807, 2.05) is 0 Å². The minimum atomic E-state index is -0.240. The summed E-state index contributed by atoms with van der Waals surface area (Å²) in [5, 5.41) is 7.14. The van der Waals surface area contributed by atoms with E-state index in [-0.39, 0.29) is 15.6 Å². The SMILES string of the molecule is B=c1c(-c2ccc3c(c2)C(C(B)(B)B)(C(B)(B)B)c2ccccc2-3)c2c(B)c(B)c(B)c(B)c2c(-c2ccc(-c3nc4ccccc4n3-c3cccc4ccccc34)cc2)/c1=C(B)/C(B)=C(/B)C. The molecule has 1 aliphatic carbocycles. The first-order chi connectivity index (χ1) is 32.3. The van der Waals surface area contributed by atoms with Crippen molar-refractivity contribution in [3.8, 4) is 50.5 Å². The Bertz CT molecular complexity index is 3750. The van der Waals surface area contributed by atoms with Crippen LogP contribution in [0.5, 0.6) is 0 Å². The van der Waals surface area contributed by atoms with Crippen LogP contribution in [-0.2, 0) is 5.41 Å². The molecule has 0 atom stereocenters. The fourth-order valence-corrected chi connectivity index (χ4v) is 12.9. The van der Waals surface area contributed by atoms with Crippen molar-refractivity contribution in [1.29, 1.82) is 0 Å². The predicted octanol–water partition coefficient (Wildman–Crippen LogP) is -4.03. The van der Waals surface area contributed by atoms with Crippen LogP contribution in [0.25, 0.3) is 88.5 Å². The van der Waals surface area contributed by atoms with Crippen LogP contribution in [0.3, 0.4) is 0 Å². The zero-order valence-electron chi connectivity index (χ0n) is 42.8. The van der Waals surface area contributed by atoms with Crippen molar-refractivity contribution in [2.24, 2.45) is 0 Å². The molecule has 10 rings (SSSR count). The molecule has 2 nitrogen and oxygen atoms in total. The van der Waals surface area contributed by atoms with E-state index < -0.39 is 0 Å². The Morgan fingerprint density at radius 1 is 0.574 bits per heavy atom. The van der Waals surface area contributed by atoms with Gasteiger partial charge in [-0.05, 0) is 0 Å². The fourth-order valence-electron chi connectivity index (χ4n) is 12.9. The van der Waals surface area contributed by atoms with Crippen LogP contribution >= 0.6 is 0 Å². The molecule has 312 valence electrons. The molecule has 1 aromatic heterocycles. The first-order valence-electron chi connectivity index (χ1n) is 24.5. The Hall–Kier alpha value is -5.73. The van der Waals surface area contributed by atoms with Gasteiger partial charge in [0.15, 0.2) is 0 Å². The third-order valence-corrected chi connectivity index (χ3v) is 16.3. The zero-order valence-corrected chi connectivity index (χ0v) is 42.8. The van der Waals surface area contributed by atoms with Crippen molar-refractivity contribution in [2.45, 2.75) is 22.6 Å². The molecular weight excluding hydrogens is 804 g/mol. The Kier molecular flexibility index (Phi) is 11.1. The van der Waals surface area contributed by atoms with Crippen LogP contribution < -0.4 is 27.1 Å². The standard InChI is InChI=1S/C52H52B14N2/c1-24(53)42(54)46(58)41-37(26-17-19-27(20-18-26)49-67-34-14-6-7-15-36(34)68(49)35-16-8-10-25-9-2-3-11-29(25)35)39-40(45(57)48(60)47(59)44(39)56)38(43(41)55)28-21-22-31-30-12-4-5-13-32(30)50(33(31)23-28,51(61,62)63)52(64,65)66/h2-23,55H,53-54,56-66H2,1H3/b42-24-,46-41+. The third-order valence-electron chi connectivity index (χ3n) is 16.3. The van der Waals surface area contributed by atoms with Crippen molar-refractivity contribution in [3.05, 3.63) is 166 Å². The number of nitrogens with zero attached hydrogens (tertiary/aromatic N) is 2. The quantitative estimate of drug-likeness (QED) is 0.150. The van der Waals surface area contributed by atoms with Gasteiger partial charge in [-0.2, -0.15) is 0 Å². The molecule has 1 aliphatic rings. The molecule has 0 amide bonds. The van der Waals surface area contributed by atoms with Gasteiger partial charge in [-0.3, -0.25) is 0 Å².